The summed E-state index contributed by atoms with van der Waals surface area (Å²) in [6.45, 7) is 2.75. The highest BCUT2D eigenvalue weighted by atomic mass is 16.6. The summed E-state index contributed by atoms with van der Waals surface area (Å²) >= 11 is 0. The van der Waals surface area contributed by atoms with Crippen LogP contribution in [0.1, 0.15) is 18.1 Å². The highest BCUT2D eigenvalue weighted by molar-refractivity contribution is 5.79. The second-order valence-electron chi connectivity index (χ2n) is 4.88. The van der Waals surface area contributed by atoms with E-state index in [2.05, 4.69) is 5.32 Å². The fourth-order valence-electron chi connectivity index (χ4n) is 2.21. The lowest BCUT2D eigenvalue weighted by molar-refractivity contribution is -0.385. The minimum absolute atomic E-state index is 0.0338. The molecule has 0 aromatic heterocycles. The van der Waals surface area contributed by atoms with Gasteiger partial charge in [0.25, 0.3) is 5.69 Å². The van der Waals surface area contributed by atoms with Gasteiger partial charge in [-0.1, -0.05) is 36.4 Å². The van der Waals surface area contributed by atoms with E-state index < -0.39 is 4.92 Å². The van der Waals surface area contributed by atoms with Crippen molar-refractivity contribution >= 4 is 11.6 Å². The van der Waals surface area contributed by atoms with Crippen molar-refractivity contribution < 1.29 is 14.5 Å². The maximum atomic E-state index is 12.1. The molecule has 2 rings (SSSR count). The Morgan fingerprint density at radius 3 is 2.48 bits per heavy atom. The van der Waals surface area contributed by atoms with E-state index in [0.717, 1.165) is 11.3 Å². The molecule has 0 heterocycles. The van der Waals surface area contributed by atoms with Crippen LogP contribution in [0.25, 0.3) is 0 Å². The van der Waals surface area contributed by atoms with Crippen LogP contribution in [0.5, 0.6) is 5.75 Å². The largest absolute Gasteiger partial charge is 0.494 e. The summed E-state index contributed by atoms with van der Waals surface area (Å²) in [4.78, 5) is 22.5. The topological polar surface area (TPSA) is 81.5 Å². The number of benzene rings is 2. The number of rotatable bonds is 7. The third-order valence-corrected chi connectivity index (χ3v) is 3.29. The van der Waals surface area contributed by atoms with Gasteiger partial charge < -0.3 is 10.1 Å². The number of carbonyl (C=O) groups excluding carboxylic acids is 1. The highest BCUT2D eigenvalue weighted by Crippen LogP contribution is 2.19. The third kappa shape index (κ3) is 4.54. The number of nitrogens with one attached hydrogen (secondary N) is 1. The van der Waals surface area contributed by atoms with Gasteiger partial charge in [0.05, 0.1) is 18.0 Å². The number of nitrogens with zero attached hydrogens (tertiary/aromatic N) is 1. The standard InChI is InChI=1S/C17H18N2O4/c1-2-23-16-10-6-4-8-14(16)12-18-17(20)11-13-7-3-5-9-15(13)19(21)22/h3-10H,2,11-12H2,1H3,(H,18,20). The SMILES string of the molecule is CCOc1ccccc1CNC(=O)Cc1ccccc1[N+](=O)[O-]. The van der Waals surface area contributed by atoms with Crippen LogP contribution in [-0.2, 0) is 17.8 Å². The molecule has 0 saturated carbocycles. The van der Waals surface area contributed by atoms with Crippen molar-refractivity contribution in [1.29, 1.82) is 0 Å². The summed E-state index contributed by atoms with van der Waals surface area (Å²) in [5, 5.41) is 13.7. The summed E-state index contributed by atoms with van der Waals surface area (Å²) in [7, 11) is 0. The number of para-hydroxylation sites is 2. The average Bonchev–Trinajstić information content (AvgIpc) is 2.54. The van der Waals surface area contributed by atoms with E-state index in [0.29, 0.717) is 18.7 Å². The van der Waals surface area contributed by atoms with Gasteiger partial charge >= 0.3 is 0 Å². The number of hydrogen-bond donors (Lipinski definition) is 1. The Hall–Kier alpha value is -2.89. The summed E-state index contributed by atoms with van der Waals surface area (Å²) in [5.74, 6) is 0.451. The van der Waals surface area contributed by atoms with Crippen LogP contribution in [0.2, 0.25) is 0 Å². The van der Waals surface area contributed by atoms with Gasteiger partial charge in [-0.3, -0.25) is 14.9 Å². The second-order valence-corrected chi connectivity index (χ2v) is 4.88. The minimum Gasteiger partial charge on any atom is -0.494 e. The molecule has 0 saturated heterocycles. The molecule has 0 atom stereocenters. The summed E-state index contributed by atoms with van der Waals surface area (Å²) < 4.78 is 5.50. The third-order valence-electron chi connectivity index (χ3n) is 3.29. The molecule has 0 aliphatic heterocycles. The quantitative estimate of drug-likeness (QED) is 0.629. The molecular weight excluding hydrogens is 296 g/mol. The number of hydrogen-bond acceptors (Lipinski definition) is 4. The van der Waals surface area contributed by atoms with Crippen molar-refractivity contribution in [2.45, 2.75) is 19.9 Å². The second kappa shape index (κ2) is 7.93. The Bertz CT molecular complexity index is 700. The van der Waals surface area contributed by atoms with Gasteiger partial charge in [0.2, 0.25) is 5.91 Å². The predicted octanol–water partition coefficient (Wildman–Crippen LogP) is 2.85. The maximum absolute atomic E-state index is 12.1. The van der Waals surface area contributed by atoms with Crippen LogP contribution < -0.4 is 10.1 Å². The first-order valence-corrected chi connectivity index (χ1v) is 7.31. The molecule has 0 radical (unpaired) electrons. The van der Waals surface area contributed by atoms with E-state index >= 15 is 0 Å². The Morgan fingerprint density at radius 2 is 1.78 bits per heavy atom. The molecule has 23 heavy (non-hydrogen) atoms. The zero-order valence-electron chi connectivity index (χ0n) is 12.8. The molecule has 1 N–H and O–H groups in total. The summed E-state index contributed by atoms with van der Waals surface area (Å²) in [6, 6.07) is 13.7. The zero-order valence-corrected chi connectivity index (χ0v) is 12.8. The Labute approximate surface area is 134 Å². The molecule has 0 aliphatic carbocycles. The van der Waals surface area contributed by atoms with Gasteiger partial charge in [-0.2, -0.15) is 0 Å². The van der Waals surface area contributed by atoms with E-state index in [1.165, 1.54) is 6.07 Å². The van der Waals surface area contributed by atoms with Crippen LogP contribution in [0.3, 0.4) is 0 Å². The molecule has 6 heteroatoms. The number of nitro benzene ring substituents is 1. The van der Waals surface area contributed by atoms with Crippen LogP contribution >= 0.6 is 0 Å². The Balaban J connectivity index is 2.00. The Morgan fingerprint density at radius 1 is 1.13 bits per heavy atom. The molecule has 6 nitrogen and oxygen atoms in total. The van der Waals surface area contributed by atoms with Crippen molar-refractivity contribution in [1.82, 2.24) is 5.32 Å². The molecule has 0 fully saturated rings. The summed E-state index contributed by atoms with van der Waals surface area (Å²) in [6.07, 6.45) is -0.0338. The van der Waals surface area contributed by atoms with Crippen LogP contribution in [0.4, 0.5) is 5.69 Å². The number of carbonyl (C=O) groups is 1. The van der Waals surface area contributed by atoms with Crippen molar-refractivity contribution in [2.75, 3.05) is 6.61 Å². The molecule has 1 amide bonds. The number of ether oxygens (including phenoxy) is 1. The van der Waals surface area contributed by atoms with E-state index in [-0.39, 0.29) is 18.0 Å². The average molecular weight is 314 g/mol. The monoisotopic (exact) mass is 314 g/mol. The maximum Gasteiger partial charge on any atom is 0.273 e. The fourth-order valence-corrected chi connectivity index (χ4v) is 2.21. The Kier molecular flexibility index (Phi) is 5.68. The number of nitro groups is 1. The fraction of sp³-hybridized carbons (Fsp3) is 0.235. The van der Waals surface area contributed by atoms with Crippen molar-refractivity contribution in [3.05, 3.63) is 69.8 Å². The molecule has 0 bridgehead atoms. The molecule has 0 unspecified atom stereocenters. The van der Waals surface area contributed by atoms with Crippen molar-refractivity contribution in [3.63, 3.8) is 0 Å². The van der Waals surface area contributed by atoms with Gasteiger partial charge in [0, 0.05) is 23.7 Å². The van der Waals surface area contributed by atoms with E-state index in [9.17, 15) is 14.9 Å². The molecule has 2 aromatic carbocycles. The first-order valence-electron chi connectivity index (χ1n) is 7.31. The predicted molar refractivity (Wildman–Crippen MR) is 86.3 cm³/mol. The van der Waals surface area contributed by atoms with E-state index in [4.69, 9.17) is 4.74 Å². The van der Waals surface area contributed by atoms with Gasteiger partial charge in [-0.05, 0) is 13.0 Å². The van der Waals surface area contributed by atoms with Crippen LogP contribution in [0.15, 0.2) is 48.5 Å². The molecule has 0 aliphatic rings. The minimum atomic E-state index is -0.479. The van der Waals surface area contributed by atoms with Gasteiger partial charge in [-0.25, -0.2) is 0 Å². The number of amides is 1. The first-order chi connectivity index (χ1) is 11.1. The van der Waals surface area contributed by atoms with Crippen molar-refractivity contribution in [3.8, 4) is 5.75 Å². The lowest BCUT2D eigenvalue weighted by Crippen LogP contribution is -2.25. The van der Waals surface area contributed by atoms with Crippen molar-refractivity contribution in [2.24, 2.45) is 0 Å². The van der Waals surface area contributed by atoms with Crippen LogP contribution in [-0.4, -0.2) is 17.4 Å². The van der Waals surface area contributed by atoms with E-state index in [1.807, 2.05) is 31.2 Å². The first kappa shape index (κ1) is 16.5. The molecule has 0 spiro atoms. The highest BCUT2D eigenvalue weighted by Gasteiger charge is 2.15. The smallest absolute Gasteiger partial charge is 0.273 e. The molecule has 2 aromatic rings. The zero-order chi connectivity index (χ0) is 16.7. The lowest BCUT2D eigenvalue weighted by atomic mass is 10.1. The molecular formula is C17H18N2O4. The summed E-state index contributed by atoms with van der Waals surface area (Å²) in [5.41, 5.74) is 1.22. The van der Waals surface area contributed by atoms with Gasteiger partial charge in [-0.15, -0.1) is 0 Å². The van der Waals surface area contributed by atoms with Crippen LogP contribution in [0, 0.1) is 10.1 Å². The van der Waals surface area contributed by atoms with E-state index in [1.54, 1.807) is 18.2 Å². The van der Waals surface area contributed by atoms with Gasteiger partial charge in [0.1, 0.15) is 5.75 Å². The normalized spacial score (nSPS) is 10.1. The lowest BCUT2D eigenvalue weighted by Gasteiger charge is -2.11. The van der Waals surface area contributed by atoms with Gasteiger partial charge in [0.15, 0.2) is 0 Å². The molecule has 120 valence electrons.